The summed E-state index contributed by atoms with van der Waals surface area (Å²) in [4.78, 5) is 29.7. The first-order chi connectivity index (χ1) is 13.9. The first-order valence-electron chi connectivity index (χ1n) is 9.10. The van der Waals surface area contributed by atoms with Crippen LogP contribution in [0.5, 0.6) is 0 Å². The molecule has 1 aromatic carbocycles. The number of nitrogens with two attached hydrogens (primary N) is 1. The zero-order valence-corrected chi connectivity index (χ0v) is 15.8. The largest absolute Gasteiger partial charge is 0.369 e. The van der Waals surface area contributed by atoms with Gasteiger partial charge in [0.1, 0.15) is 5.52 Å². The molecule has 0 radical (unpaired) electrons. The highest BCUT2D eigenvalue weighted by Crippen LogP contribution is 2.21. The summed E-state index contributed by atoms with van der Waals surface area (Å²) in [7, 11) is 1.64. The SMILES string of the molecule is CN1CC[C@@](O)(C#Cc2cccc(-c3nc(C(N)=O)cc4cccc[n+]34)c2)C1=O. The summed E-state index contributed by atoms with van der Waals surface area (Å²) in [5.41, 5.74) is 6.07. The number of fused-ring (bicyclic) bond motifs is 1. The lowest BCUT2D eigenvalue weighted by molar-refractivity contribution is -0.503. The Morgan fingerprint density at radius 1 is 1.28 bits per heavy atom. The summed E-state index contributed by atoms with van der Waals surface area (Å²) in [6, 6.07) is 14.5. The van der Waals surface area contributed by atoms with E-state index in [2.05, 4.69) is 16.8 Å². The molecular formula is C22H19N4O3+. The molecule has 0 bridgehead atoms. The van der Waals surface area contributed by atoms with Crippen molar-refractivity contribution < 1.29 is 19.1 Å². The minimum atomic E-state index is -1.66. The average molecular weight is 387 g/mol. The zero-order chi connectivity index (χ0) is 20.6. The Morgan fingerprint density at radius 3 is 2.83 bits per heavy atom. The van der Waals surface area contributed by atoms with Gasteiger partial charge < -0.3 is 15.7 Å². The van der Waals surface area contributed by atoms with Gasteiger partial charge in [0, 0.05) is 31.6 Å². The molecule has 144 valence electrons. The molecule has 0 saturated carbocycles. The van der Waals surface area contributed by atoms with Gasteiger partial charge in [0.25, 0.3) is 11.8 Å². The third kappa shape index (κ3) is 3.42. The molecule has 7 nitrogen and oxygen atoms in total. The van der Waals surface area contributed by atoms with Crippen molar-refractivity contribution in [1.29, 1.82) is 0 Å². The van der Waals surface area contributed by atoms with Crippen LogP contribution in [0.3, 0.4) is 0 Å². The van der Waals surface area contributed by atoms with Gasteiger partial charge in [-0.1, -0.05) is 24.0 Å². The van der Waals surface area contributed by atoms with Crippen molar-refractivity contribution >= 4 is 17.3 Å². The number of hydrogen-bond donors (Lipinski definition) is 2. The van der Waals surface area contributed by atoms with Crippen molar-refractivity contribution in [2.24, 2.45) is 5.73 Å². The maximum Gasteiger partial charge on any atom is 0.336 e. The molecule has 29 heavy (non-hydrogen) atoms. The lowest BCUT2D eigenvalue weighted by Gasteiger charge is -2.13. The molecule has 1 atom stereocenters. The monoisotopic (exact) mass is 387 g/mol. The number of likely N-dealkylation sites (N-methyl/N-ethyl adjacent to an activating group) is 1. The van der Waals surface area contributed by atoms with E-state index in [9.17, 15) is 14.7 Å². The molecule has 3 aromatic rings. The van der Waals surface area contributed by atoms with Gasteiger partial charge in [-0.25, -0.2) is 0 Å². The van der Waals surface area contributed by atoms with Crippen LogP contribution < -0.4 is 10.1 Å². The predicted octanol–water partition coefficient (Wildman–Crippen LogP) is 0.531. The van der Waals surface area contributed by atoms with E-state index in [1.807, 2.05) is 34.9 Å². The molecule has 3 heterocycles. The molecule has 2 amide bonds. The molecule has 1 aliphatic rings. The number of hydrogen-bond acceptors (Lipinski definition) is 4. The second-order valence-electron chi connectivity index (χ2n) is 6.99. The van der Waals surface area contributed by atoms with E-state index in [-0.39, 0.29) is 12.1 Å². The van der Waals surface area contributed by atoms with Crippen LogP contribution in [0.1, 0.15) is 22.5 Å². The molecule has 3 N–H and O–H groups in total. The van der Waals surface area contributed by atoms with Crippen LogP contribution in [0.15, 0.2) is 54.7 Å². The molecule has 1 fully saturated rings. The summed E-state index contributed by atoms with van der Waals surface area (Å²) < 4.78 is 1.85. The first-order valence-corrected chi connectivity index (χ1v) is 9.10. The Balaban J connectivity index is 1.79. The number of carbonyl (C=O) groups is 2. The number of primary amides is 1. The summed E-state index contributed by atoms with van der Waals surface area (Å²) in [6.07, 6.45) is 2.12. The number of nitrogens with zero attached hydrogens (tertiary/aromatic N) is 3. The Kier molecular flexibility index (Phi) is 4.49. The Bertz CT molecular complexity index is 1210. The standard InChI is InChI=1S/C22H18N4O3/c1-25-12-10-22(29,21(25)28)9-8-15-5-4-6-16(13-15)20-24-18(19(23)27)14-17-7-2-3-11-26(17)20/h2-7,11,13-14,29H,10,12H2,1H3,(H-,23,27)/p+1/t22-/m0/s1. The smallest absolute Gasteiger partial charge is 0.336 e. The Hall–Kier alpha value is -3.76. The second kappa shape index (κ2) is 7.00. The number of aromatic nitrogens is 2. The van der Waals surface area contributed by atoms with Crippen LogP contribution in [-0.4, -0.2) is 46.0 Å². The molecule has 2 aromatic heterocycles. The molecule has 1 saturated heterocycles. The van der Waals surface area contributed by atoms with E-state index in [0.717, 1.165) is 11.1 Å². The van der Waals surface area contributed by atoms with E-state index >= 15 is 0 Å². The van der Waals surface area contributed by atoms with Gasteiger partial charge in [0.05, 0.1) is 11.8 Å². The van der Waals surface area contributed by atoms with E-state index in [4.69, 9.17) is 5.73 Å². The molecule has 0 aliphatic carbocycles. The van der Waals surface area contributed by atoms with Crippen LogP contribution in [0.25, 0.3) is 16.9 Å². The normalized spacial score (nSPS) is 18.6. The zero-order valence-electron chi connectivity index (χ0n) is 15.8. The van der Waals surface area contributed by atoms with Gasteiger partial charge in [-0.2, -0.15) is 4.40 Å². The topological polar surface area (TPSA) is 101 Å². The van der Waals surface area contributed by atoms with Crippen LogP contribution in [0.4, 0.5) is 0 Å². The third-order valence-electron chi connectivity index (χ3n) is 4.93. The average Bonchev–Trinajstić information content (AvgIpc) is 2.99. The molecule has 0 unspecified atom stereocenters. The first kappa shape index (κ1) is 18.6. The molecular weight excluding hydrogens is 368 g/mol. The number of amides is 2. The van der Waals surface area contributed by atoms with Crippen molar-refractivity contribution in [2.75, 3.05) is 13.6 Å². The van der Waals surface area contributed by atoms with Crippen molar-refractivity contribution in [2.45, 2.75) is 12.0 Å². The maximum atomic E-state index is 12.1. The van der Waals surface area contributed by atoms with E-state index in [1.54, 1.807) is 31.3 Å². The van der Waals surface area contributed by atoms with Gasteiger partial charge in [-0.3, -0.25) is 9.59 Å². The Labute approximate surface area is 167 Å². The highest BCUT2D eigenvalue weighted by molar-refractivity contribution is 5.92. The molecule has 0 spiro atoms. The maximum absolute atomic E-state index is 12.1. The number of benzene rings is 1. The minimum Gasteiger partial charge on any atom is -0.369 e. The highest BCUT2D eigenvalue weighted by Gasteiger charge is 2.42. The number of rotatable bonds is 2. The third-order valence-corrected chi connectivity index (χ3v) is 4.93. The van der Waals surface area contributed by atoms with E-state index in [0.29, 0.717) is 17.9 Å². The number of carbonyl (C=O) groups excluding carboxylic acids is 2. The fourth-order valence-corrected chi connectivity index (χ4v) is 3.32. The number of aliphatic hydroxyl groups is 1. The Morgan fingerprint density at radius 2 is 2.10 bits per heavy atom. The lowest BCUT2D eigenvalue weighted by atomic mass is 10.0. The molecule has 4 rings (SSSR count). The van der Waals surface area contributed by atoms with Crippen LogP contribution >= 0.6 is 0 Å². The van der Waals surface area contributed by atoms with Crippen molar-refractivity contribution in [3.63, 3.8) is 0 Å². The molecule has 7 heteroatoms. The van der Waals surface area contributed by atoms with E-state index < -0.39 is 17.4 Å². The van der Waals surface area contributed by atoms with Crippen molar-refractivity contribution in [3.05, 3.63) is 66.0 Å². The van der Waals surface area contributed by atoms with Crippen molar-refractivity contribution in [1.82, 2.24) is 9.88 Å². The number of likely N-dealkylation sites (tertiary alicyclic amines) is 1. The summed E-state index contributed by atoms with van der Waals surface area (Å²) in [5, 5.41) is 10.5. The quantitative estimate of drug-likeness (QED) is 0.495. The summed E-state index contributed by atoms with van der Waals surface area (Å²) in [5.74, 6) is 5.15. The van der Waals surface area contributed by atoms with Crippen LogP contribution in [-0.2, 0) is 4.79 Å². The second-order valence-corrected chi connectivity index (χ2v) is 6.99. The van der Waals surface area contributed by atoms with Crippen LogP contribution in [0.2, 0.25) is 0 Å². The highest BCUT2D eigenvalue weighted by atomic mass is 16.3. The van der Waals surface area contributed by atoms with Gasteiger partial charge in [-0.15, -0.1) is 0 Å². The van der Waals surface area contributed by atoms with Gasteiger partial charge in [0.15, 0.2) is 0 Å². The fraction of sp³-hybridized carbons (Fsp3) is 0.182. The number of pyridine rings is 1. The van der Waals surface area contributed by atoms with Gasteiger partial charge in [0.2, 0.25) is 11.3 Å². The van der Waals surface area contributed by atoms with Crippen LogP contribution in [0, 0.1) is 11.8 Å². The van der Waals surface area contributed by atoms with Gasteiger partial charge in [-0.05, 0) is 35.3 Å². The lowest BCUT2D eigenvalue weighted by Crippen LogP contribution is -2.37. The van der Waals surface area contributed by atoms with E-state index in [1.165, 1.54) is 4.90 Å². The van der Waals surface area contributed by atoms with Gasteiger partial charge >= 0.3 is 5.82 Å². The molecule has 1 aliphatic heterocycles. The predicted molar refractivity (Wildman–Crippen MR) is 105 cm³/mol. The fourth-order valence-electron chi connectivity index (χ4n) is 3.32. The minimum absolute atomic E-state index is 0.164. The summed E-state index contributed by atoms with van der Waals surface area (Å²) >= 11 is 0. The summed E-state index contributed by atoms with van der Waals surface area (Å²) in [6.45, 7) is 0.469. The van der Waals surface area contributed by atoms with Crippen molar-refractivity contribution in [3.8, 4) is 23.2 Å².